The zero-order valence-electron chi connectivity index (χ0n) is 9.34. The van der Waals surface area contributed by atoms with E-state index in [4.69, 9.17) is 0 Å². The maximum absolute atomic E-state index is 4.07. The van der Waals surface area contributed by atoms with Crippen molar-refractivity contribution in [1.82, 2.24) is 20.1 Å². The highest BCUT2D eigenvalue weighted by molar-refractivity contribution is 7.99. The predicted molar refractivity (Wildman–Crippen MR) is 64.3 cm³/mol. The molecule has 4 nitrogen and oxygen atoms in total. The predicted octanol–water partition coefficient (Wildman–Crippen LogP) is 1.69. The van der Waals surface area contributed by atoms with Gasteiger partial charge >= 0.3 is 0 Å². The Morgan fingerprint density at radius 1 is 1.38 bits per heavy atom. The van der Waals surface area contributed by atoms with Crippen LogP contribution in [0.15, 0.2) is 40.6 Å². The van der Waals surface area contributed by atoms with E-state index in [0.29, 0.717) is 0 Å². The van der Waals surface area contributed by atoms with Crippen LogP contribution in [-0.4, -0.2) is 21.8 Å². The van der Waals surface area contributed by atoms with Crippen molar-refractivity contribution >= 4 is 11.8 Å². The number of nitrogens with zero attached hydrogens (tertiary/aromatic N) is 3. The molecule has 0 unspecified atom stereocenters. The van der Waals surface area contributed by atoms with Crippen molar-refractivity contribution in [2.24, 2.45) is 7.05 Å². The summed E-state index contributed by atoms with van der Waals surface area (Å²) in [6.07, 6.45) is 1.71. The van der Waals surface area contributed by atoms with E-state index in [2.05, 4.69) is 27.6 Å². The van der Waals surface area contributed by atoms with Crippen molar-refractivity contribution in [2.45, 2.75) is 16.6 Å². The molecule has 1 N–H and O–H groups in total. The fourth-order valence-corrected chi connectivity index (χ4v) is 2.30. The average molecular weight is 234 g/mol. The van der Waals surface area contributed by atoms with Gasteiger partial charge in [0.2, 0.25) is 0 Å². The Morgan fingerprint density at radius 2 is 2.19 bits per heavy atom. The van der Waals surface area contributed by atoms with Crippen molar-refractivity contribution in [3.8, 4) is 0 Å². The van der Waals surface area contributed by atoms with Gasteiger partial charge in [0.25, 0.3) is 0 Å². The average Bonchev–Trinajstić information content (AvgIpc) is 2.68. The molecule has 0 spiro atoms. The molecule has 0 radical (unpaired) electrons. The van der Waals surface area contributed by atoms with Crippen molar-refractivity contribution < 1.29 is 0 Å². The molecule has 0 saturated carbocycles. The van der Waals surface area contributed by atoms with Gasteiger partial charge in [0.05, 0.1) is 0 Å². The van der Waals surface area contributed by atoms with E-state index in [1.165, 1.54) is 10.5 Å². The van der Waals surface area contributed by atoms with Crippen LogP contribution in [0.3, 0.4) is 0 Å². The van der Waals surface area contributed by atoms with Gasteiger partial charge in [0.1, 0.15) is 6.33 Å². The number of hydrogen-bond donors (Lipinski definition) is 1. The lowest BCUT2D eigenvalue weighted by Gasteiger charge is -2.07. The largest absolute Gasteiger partial charge is 0.316 e. The van der Waals surface area contributed by atoms with Gasteiger partial charge in [-0.05, 0) is 30.4 Å². The number of aromatic nitrogens is 3. The monoisotopic (exact) mass is 234 g/mol. The van der Waals surface area contributed by atoms with E-state index in [-0.39, 0.29) is 0 Å². The lowest BCUT2D eigenvalue weighted by molar-refractivity contribution is 0.782. The summed E-state index contributed by atoms with van der Waals surface area (Å²) in [6, 6.07) is 8.31. The summed E-state index contributed by atoms with van der Waals surface area (Å²) >= 11 is 1.64. The quantitative estimate of drug-likeness (QED) is 0.874. The van der Waals surface area contributed by atoms with Gasteiger partial charge < -0.3 is 9.88 Å². The Balaban J connectivity index is 2.24. The summed E-state index contributed by atoms with van der Waals surface area (Å²) in [5.74, 6) is 0. The second-order valence-electron chi connectivity index (χ2n) is 3.46. The first-order valence-electron chi connectivity index (χ1n) is 5.05. The summed E-state index contributed by atoms with van der Waals surface area (Å²) in [5, 5.41) is 12.0. The maximum Gasteiger partial charge on any atom is 0.195 e. The van der Waals surface area contributed by atoms with Crippen LogP contribution in [0, 0.1) is 0 Å². The summed E-state index contributed by atoms with van der Waals surface area (Å²) in [4.78, 5) is 1.22. The number of rotatable bonds is 4. The number of benzene rings is 1. The van der Waals surface area contributed by atoms with Gasteiger partial charge in [0, 0.05) is 18.5 Å². The number of hydrogen-bond acceptors (Lipinski definition) is 4. The minimum Gasteiger partial charge on any atom is -0.316 e. The Morgan fingerprint density at radius 3 is 2.88 bits per heavy atom. The van der Waals surface area contributed by atoms with E-state index < -0.39 is 0 Å². The molecule has 1 heterocycles. The fraction of sp³-hybridized carbons (Fsp3) is 0.273. The molecule has 0 saturated heterocycles. The molecule has 0 aliphatic heterocycles. The molecule has 2 aromatic rings. The molecule has 0 aliphatic carbocycles. The SMILES string of the molecule is CNCc1ccccc1Sc1nncn1C. The zero-order chi connectivity index (χ0) is 11.4. The zero-order valence-corrected chi connectivity index (χ0v) is 10.2. The van der Waals surface area contributed by atoms with Crippen LogP contribution in [-0.2, 0) is 13.6 Å². The van der Waals surface area contributed by atoms with E-state index in [1.54, 1.807) is 18.1 Å². The molecule has 0 amide bonds. The first-order valence-corrected chi connectivity index (χ1v) is 5.87. The molecule has 0 fully saturated rings. The van der Waals surface area contributed by atoms with Crippen molar-refractivity contribution in [3.05, 3.63) is 36.2 Å². The third kappa shape index (κ3) is 2.43. The summed E-state index contributed by atoms with van der Waals surface area (Å²) in [6.45, 7) is 0.862. The summed E-state index contributed by atoms with van der Waals surface area (Å²) in [7, 11) is 3.90. The van der Waals surface area contributed by atoms with Crippen LogP contribution >= 0.6 is 11.8 Å². The Hall–Kier alpha value is -1.33. The van der Waals surface area contributed by atoms with Crippen LogP contribution in [0.4, 0.5) is 0 Å². The Bertz CT molecular complexity index is 467. The van der Waals surface area contributed by atoms with Gasteiger partial charge in [0.15, 0.2) is 5.16 Å². The summed E-state index contributed by atoms with van der Waals surface area (Å²) in [5.41, 5.74) is 1.28. The van der Waals surface area contributed by atoms with Crippen LogP contribution in [0.2, 0.25) is 0 Å². The van der Waals surface area contributed by atoms with E-state index in [9.17, 15) is 0 Å². The van der Waals surface area contributed by atoms with E-state index >= 15 is 0 Å². The lowest BCUT2D eigenvalue weighted by Crippen LogP contribution is -2.06. The van der Waals surface area contributed by atoms with Gasteiger partial charge in [-0.1, -0.05) is 18.2 Å². The lowest BCUT2D eigenvalue weighted by atomic mass is 10.2. The molecule has 84 valence electrons. The Kier molecular flexibility index (Phi) is 3.58. The highest BCUT2D eigenvalue weighted by Gasteiger charge is 2.06. The molecular weight excluding hydrogens is 220 g/mol. The molecular formula is C11H14N4S. The topological polar surface area (TPSA) is 42.7 Å². The summed E-state index contributed by atoms with van der Waals surface area (Å²) < 4.78 is 1.92. The normalized spacial score (nSPS) is 10.6. The minimum atomic E-state index is 0.862. The van der Waals surface area contributed by atoms with Gasteiger partial charge in [-0.25, -0.2) is 0 Å². The highest BCUT2D eigenvalue weighted by Crippen LogP contribution is 2.28. The standard InChI is InChI=1S/C11H14N4S/c1-12-7-9-5-3-4-6-10(9)16-11-14-13-8-15(11)2/h3-6,8,12H,7H2,1-2H3. The van der Waals surface area contributed by atoms with Crippen molar-refractivity contribution in [3.63, 3.8) is 0 Å². The van der Waals surface area contributed by atoms with E-state index in [0.717, 1.165) is 11.7 Å². The van der Waals surface area contributed by atoms with Gasteiger partial charge in [-0.15, -0.1) is 10.2 Å². The Labute approximate surface area is 99.1 Å². The second kappa shape index (κ2) is 5.14. The first-order chi connectivity index (χ1) is 7.81. The third-order valence-corrected chi connectivity index (χ3v) is 3.38. The molecule has 0 aliphatic rings. The molecule has 1 aromatic heterocycles. The van der Waals surface area contributed by atoms with E-state index in [1.807, 2.05) is 30.8 Å². The molecule has 16 heavy (non-hydrogen) atoms. The second-order valence-corrected chi connectivity index (χ2v) is 4.47. The molecule has 1 aromatic carbocycles. The third-order valence-electron chi connectivity index (χ3n) is 2.21. The fourth-order valence-electron chi connectivity index (χ4n) is 1.40. The van der Waals surface area contributed by atoms with Crippen LogP contribution < -0.4 is 5.32 Å². The van der Waals surface area contributed by atoms with Gasteiger partial charge in [-0.2, -0.15) is 0 Å². The minimum absolute atomic E-state index is 0.862. The molecule has 2 rings (SSSR count). The maximum atomic E-state index is 4.07. The highest BCUT2D eigenvalue weighted by atomic mass is 32.2. The molecule has 0 atom stereocenters. The number of nitrogens with one attached hydrogen (secondary N) is 1. The first kappa shape index (κ1) is 11.2. The smallest absolute Gasteiger partial charge is 0.195 e. The van der Waals surface area contributed by atoms with Crippen molar-refractivity contribution in [2.75, 3.05) is 7.05 Å². The van der Waals surface area contributed by atoms with Gasteiger partial charge in [-0.3, -0.25) is 0 Å². The van der Waals surface area contributed by atoms with Crippen molar-refractivity contribution in [1.29, 1.82) is 0 Å². The van der Waals surface area contributed by atoms with Crippen LogP contribution in [0.5, 0.6) is 0 Å². The molecule has 5 heteroatoms. The van der Waals surface area contributed by atoms with Crippen LogP contribution in [0.1, 0.15) is 5.56 Å². The van der Waals surface area contributed by atoms with Crippen LogP contribution in [0.25, 0.3) is 0 Å². The molecule has 0 bridgehead atoms. The number of aryl methyl sites for hydroxylation is 1.